The Balaban J connectivity index is 1.90. The Kier molecular flexibility index (Phi) is 4.41. The van der Waals surface area contributed by atoms with Crippen LogP contribution in [-0.2, 0) is 10.0 Å². The molecule has 1 aliphatic heterocycles. The molecule has 0 saturated carbocycles. The van der Waals surface area contributed by atoms with Crippen LogP contribution in [0.15, 0.2) is 28.7 Å². The van der Waals surface area contributed by atoms with E-state index in [4.69, 9.17) is 0 Å². The quantitative estimate of drug-likeness (QED) is 0.785. The standard InChI is InChI=1S/C16H16BrN3O2S/c1-23(21,22)20-6-4-11(5-7-20)15-3-2-12-8-14(17)9-13(10-18)16(12)19-15/h2-3,8-9,11H,4-7H2,1H3. The van der Waals surface area contributed by atoms with Gasteiger partial charge in [-0.2, -0.15) is 5.26 Å². The largest absolute Gasteiger partial charge is 0.251 e. The summed E-state index contributed by atoms with van der Waals surface area (Å²) in [5.74, 6) is 0.229. The lowest BCUT2D eigenvalue weighted by molar-refractivity contribution is 0.319. The molecule has 0 radical (unpaired) electrons. The number of rotatable bonds is 2. The maximum atomic E-state index is 11.6. The van der Waals surface area contributed by atoms with Crippen molar-refractivity contribution in [2.75, 3.05) is 19.3 Å². The number of halogens is 1. The molecule has 1 saturated heterocycles. The zero-order valence-electron chi connectivity index (χ0n) is 12.7. The van der Waals surface area contributed by atoms with E-state index >= 15 is 0 Å². The van der Waals surface area contributed by atoms with E-state index in [1.807, 2.05) is 18.2 Å². The fourth-order valence-corrected chi connectivity index (χ4v) is 4.36. The van der Waals surface area contributed by atoms with Crippen molar-refractivity contribution < 1.29 is 8.42 Å². The van der Waals surface area contributed by atoms with Crippen LogP contribution in [0.1, 0.15) is 30.0 Å². The molecule has 1 aromatic carbocycles. The van der Waals surface area contributed by atoms with Crippen molar-refractivity contribution >= 4 is 36.9 Å². The van der Waals surface area contributed by atoms with Crippen LogP contribution < -0.4 is 0 Å². The number of hydrogen-bond donors (Lipinski definition) is 0. The number of sulfonamides is 1. The molecule has 0 amide bonds. The molecule has 0 unspecified atom stereocenters. The van der Waals surface area contributed by atoms with Crippen molar-refractivity contribution in [2.45, 2.75) is 18.8 Å². The Morgan fingerprint density at radius 2 is 2.00 bits per heavy atom. The third kappa shape index (κ3) is 3.39. The predicted octanol–water partition coefficient (Wildman–Crippen LogP) is 3.01. The van der Waals surface area contributed by atoms with Crippen LogP contribution in [0.5, 0.6) is 0 Å². The van der Waals surface area contributed by atoms with Crippen LogP contribution in [-0.4, -0.2) is 37.1 Å². The van der Waals surface area contributed by atoms with Crippen molar-refractivity contribution in [3.63, 3.8) is 0 Å². The van der Waals surface area contributed by atoms with Gasteiger partial charge in [0.15, 0.2) is 0 Å². The molecular weight excluding hydrogens is 378 g/mol. The second-order valence-corrected chi connectivity index (χ2v) is 8.71. The molecule has 0 bridgehead atoms. The first-order valence-corrected chi connectivity index (χ1v) is 9.98. The molecule has 0 spiro atoms. The Hall–Kier alpha value is -1.49. The zero-order chi connectivity index (χ0) is 16.6. The summed E-state index contributed by atoms with van der Waals surface area (Å²) in [6.45, 7) is 1.04. The average Bonchev–Trinajstić information content (AvgIpc) is 2.53. The minimum Gasteiger partial charge on any atom is -0.251 e. The summed E-state index contributed by atoms with van der Waals surface area (Å²) in [6.07, 6.45) is 2.76. The van der Waals surface area contributed by atoms with Gasteiger partial charge >= 0.3 is 0 Å². The highest BCUT2D eigenvalue weighted by molar-refractivity contribution is 9.10. The van der Waals surface area contributed by atoms with Crippen LogP contribution in [0.3, 0.4) is 0 Å². The van der Waals surface area contributed by atoms with Crippen molar-refractivity contribution in [1.29, 1.82) is 5.26 Å². The minimum atomic E-state index is -3.12. The van der Waals surface area contributed by atoms with Crippen molar-refractivity contribution in [3.8, 4) is 6.07 Å². The van der Waals surface area contributed by atoms with Gasteiger partial charge in [-0.25, -0.2) is 12.7 Å². The smallest absolute Gasteiger partial charge is 0.211 e. The van der Waals surface area contributed by atoms with E-state index in [0.717, 1.165) is 28.4 Å². The van der Waals surface area contributed by atoms with Gasteiger partial charge < -0.3 is 0 Å². The van der Waals surface area contributed by atoms with Crippen LogP contribution in [0.25, 0.3) is 10.9 Å². The third-order valence-electron chi connectivity index (χ3n) is 4.24. The predicted molar refractivity (Wildman–Crippen MR) is 92.5 cm³/mol. The number of aromatic nitrogens is 1. The van der Waals surface area contributed by atoms with Crippen LogP contribution in [0.4, 0.5) is 0 Å². The Morgan fingerprint density at radius 3 is 2.61 bits per heavy atom. The highest BCUT2D eigenvalue weighted by atomic mass is 79.9. The number of nitriles is 1. The summed E-state index contributed by atoms with van der Waals surface area (Å²) in [5.41, 5.74) is 2.19. The molecule has 1 aliphatic rings. The molecule has 2 aromatic rings. The van der Waals surface area contributed by atoms with Gasteiger partial charge in [-0.3, -0.25) is 4.98 Å². The van der Waals surface area contributed by atoms with Gasteiger partial charge in [0.1, 0.15) is 6.07 Å². The van der Waals surface area contributed by atoms with Gasteiger partial charge in [-0.1, -0.05) is 22.0 Å². The van der Waals surface area contributed by atoms with Crippen molar-refractivity contribution in [2.24, 2.45) is 0 Å². The lowest BCUT2D eigenvalue weighted by Crippen LogP contribution is -2.37. The van der Waals surface area contributed by atoms with Gasteiger partial charge in [-0.15, -0.1) is 0 Å². The second kappa shape index (κ2) is 6.19. The molecule has 1 fully saturated rings. The van der Waals surface area contributed by atoms with E-state index in [0.29, 0.717) is 24.2 Å². The van der Waals surface area contributed by atoms with E-state index in [1.165, 1.54) is 10.6 Å². The van der Waals surface area contributed by atoms with Gasteiger partial charge in [0, 0.05) is 34.6 Å². The van der Waals surface area contributed by atoms with E-state index in [9.17, 15) is 13.7 Å². The van der Waals surface area contributed by atoms with E-state index in [-0.39, 0.29) is 5.92 Å². The molecule has 120 valence electrons. The van der Waals surface area contributed by atoms with Gasteiger partial charge in [-0.05, 0) is 31.0 Å². The number of fused-ring (bicyclic) bond motifs is 1. The van der Waals surface area contributed by atoms with Gasteiger partial charge in [0.05, 0.1) is 17.3 Å². The molecule has 3 rings (SSSR count). The summed E-state index contributed by atoms with van der Waals surface area (Å²) in [6, 6.07) is 9.86. The minimum absolute atomic E-state index is 0.229. The molecule has 5 nitrogen and oxygen atoms in total. The van der Waals surface area contributed by atoms with E-state index in [2.05, 4.69) is 27.0 Å². The number of hydrogen-bond acceptors (Lipinski definition) is 4. The third-order valence-corrected chi connectivity index (χ3v) is 6.00. The normalized spacial score (nSPS) is 17.3. The van der Waals surface area contributed by atoms with Gasteiger partial charge in [0.2, 0.25) is 10.0 Å². The molecule has 0 N–H and O–H groups in total. The molecular formula is C16H16BrN3O2S. The first kappa shape index (κ1) is 16.4. The monoisotopic (exact) mass is 393 g/mol. The highest BCUT2D eigenvalue weighted by Gasteiger charge is 2.26. The fourth-order valence-electron chi connectivity index (χ4n) is 3.01. The summed E-state index contributed by atoms with van der Waals surface area (Å²) >= 11 is 3.40. The van der Waals surface area contributed by atoms with Gasteiger partial charge in [0.25, 0.3) is 0 Å². The Bertz CT molecular complexity index is 897. The summed E-state index contributed by atoms with van der Waals surface area (Å²) in [7, 11) is -3.12. The molecule has 0 aliphatic carbocycles. The fraction of sp³-hybridized carbons (Fsp3) is 0.375. The van der Waals surface area contributed by atoms with Crippen LogP contribution >= 0.6 is 15.9 Å². The maximum Gasteiger partial charge on any atom is 0.211 e. The van der Waals surface area contributed by atoms with Crippen molar-refractivity contribution in [3.05, 3.63) is 40.0 Å². The maximum absolute atomic E-state index is 11.6. The molecule has 23 heavy (non-hydrogen) atoms. The first-order chi connectivity index (χ1) is 10.9. The molecule has 0 atom stereocenters. The van der Waals surface area contributed by atoms with Crippen LogP contribution in [0, 0.1) is 11.3 Å². The summed E-state index contributed by atoms with van der Waals surface area (Å²) in [4.78, 5) is 4.69. The number of pyridine rings is 1. The lowest BCUT2D eigenvalue weighted by Gasteiger charge is -2.30. The lowest BCUT2D eigenvalue weighted by atomic mass is 9.93. The molecule has 7 heteroatoms. The van der Waals surface area contributed by atoms with Crippen LogP contribution in [0.2, 0.25) is 0 Å². The average molecular weight is 394 g/mol. The number of nitrogens with zero attached hydrogens (tertiary/aromatic N) is 3. The topological polar surface area (TPSA) is 74.1 Å². The van der Waals surface area contributed by atoms with E-state index < -0.39 is 10.0 Å². The zero-order valence-corrected chi connectivity index (χ0v) is 15.1. The highest BCUT2D eigenvalue weighted by Crippen LogP contribution is 2.30. The molecule has 1 aromatic heterocycles. The Morgan fingerprint density at radius 1 is 1.30 bits per heavy atom. The Labute approximate surface area is 144 Å². The summed E-state index contributed by atoms with van der Waals surface area (Å²) < 4.78 is 25.6. The van der Waals surface area contributed by atoms with Crippen molar-refractivity contribution in [1.82, 2.24) is 9.29 Å². The number of benzene rings is 1. The first-order valence-electron chi connectivity index (χ1n) is 7.34. The SMILES string of the molecule is CS(=O)(=O)N1CCC(c2ccc3cc(Br)cc(C#N)c3n2)CC1. The summed E-state index contributed by atoms with van der Waals surface area (Å²) in [5, 5.41) is 10.2. The number of piperidine rings is 1. The molecule has 2 heterocycles. The second-order valence-electron chi connectivity index (χ2n) is 5.81. The van der Waals surface area contributed by atoms with E-state index in [1.54, 1.807) is 6.07 Å².